The Bertz CT molecular complexity index is 596. The van der Waals surface area contributed by atoms with Crippen molar-refractivity contribution < 1.29 is 9.18 Å². The minimum atomic E-state index is -0.764. The van der Waals surface area contributed by atoms with E-state index >= 15 is 0 Å². The van der Waals surface area contributed by atoms with Crippen LogP contribution in [0.1, 0.15) is 21.5 Å². The Morgan fingerprint density at radius 3 is 2.78 bits per heavy atom. The molecule has 1 aromatic heterocycles. The van der Waals surface area contributed by atoms with Crippen LogP contribution < -0.4 is 5.32 Å². The summed E-state index contributed by atoms with van der Waals surface area (Å²) in [5, 5.41) is 2.69. The summed E-state index contributed by atoms with van der Waals surface area (Å²) in [4.78, 5) is 15.4. The first kappa shape index (κ1) is 12.2. The average molecular weight is 244 g/mol. The van der Waals surface area contributed by atoms with Crippen LogP contribution in [0.3, 0.4) is 0 Å². The molecule has 0 aliphatic carbocycles. The van der Waals surface area contributed by atoms with Gasteiger partial charge in [0.2, 0.25) is 5.95 Å². The van der Waals surface area contributed by atoms with Gasteiger partial charge < -0.3 is 5.32 Å². The molecule has 0 bridgehead atoms. The number of aryl methyl sites for hydroxylation is 2. The highest BCUT2D eigenvalue weighted by atomic mass is 19.1. The van der Waals surface area contributed by atoms with Crippen LogP contribution >= 0.6 is 0 Å². The van der Waals surface area contributed by atoms with E-state index in [9.17, 15) is 9.18 Å². The van der Waals surface area contributed by atoms with Gasteiger partial charge in [0.25, 0.3) is 5.91 Å². The second-order valence-electron chi connectivity index (χ2n) is 4.11. The molecule has 92 valence electrons. The molecule has 0 atom stereocenters. The number of carbonyl (C=O) groups excluding carboxylic acids is 1. The van der Waals surface area contributed by atoms with Crippen LogP contribution in [-0.4, -0.2) is 10.9 Å². The monoisotopic (exact) mass is 244 g/mol. The summed E-state index contributed by atoms with van der Waals surface area (Å²) >= 11 is 0. The Morgan fingerprint density at radius 1 is 1.28 bits per heavy atom. The van der Waals surface area contributed by atoms with Gasteiger partial charge in [-0.1, -0.05) is 12.1 Å². The van der Waals surface area contributed by atoms with Crippen LogP contribution in [0.5, 0.6) is 0 Å². The number of hydrogen-bond acceptors (Lipinski definition) is 2. The fraction of sp³-hybridized carbons (Fsp3) is 0.143. The molecule has 0 radical (unpaired) electrons. The number of nitrogens with one attached hydrogen (secondary N) is 1. The highest BCUT2D eigenvalue weighted by Crippen LogP contribution is 2.17. The van der Waals surface area contributed by atoms with Gasteiger partial charge in [0.1, 0.15) is 0 Å². The van der Waals surface area contributed by atoms with Gasteiger partial charge in [-0.05, 0) is 43.2 Å². The van der Waals surface area contributed by atoms with Gasteiger partial charge in [-0.3, -0.25) is 4.79 Å². The number of pyridine rings is 1. The van der Waals surface area contributed by atoms with Gasteiger partial charge in [-0.25, -0.2) is 4.98 Å². The number of nitrogens with zero attached hydrogens (tertiary/aromatic N) is 1. The summed E-state index contributed by atoms with van der Waals surface area (Å²) in [5.74, 6) is -1.25. The summed E-state index contributed by atoms with van der Waals surface area (Å²) in [6, 6.07) is 8.64. The third kappa shape index (κ3) is 2.53. The number of hydrogen-bond donors (Lipinski definition) is 1. The Kier molecular flexibility index (Phi) is 3.37. The molecule has 0 saturated heterocycles. The normalized spacial score (nSPS) is 10.2. The van der Waals surface area contributed by atoms with Crippen molar-refractivity contribution in [3.05, 3.63) is 59.2 Å². The van der Waals surface area contributed by atoms with E-state index < -0.39 is 11.9 Å². The maximum Gasteiger partial charge on any atom is 0.260 e. The van der Waals surface area contributed by atoms with Gasteiger partial charge in [-0.15, -0.1) is 0 Å². The predicted octanol–water partition coefficient (Wildman–Crippen LogP) is 3.09. The highest BCUT2D eigenvalue weighted by molar-refractivity contribution is 6.04. The van der Waals surface area contributed by atoms with E-state index in [4.69, 9.17) is 0 Å². The zero-order valence-electron chi connectivity index (χ0n) is 10.2. The minimum absolute atomic E-state index is 0.0570. The summed E-state index contributed by atoms with van der Waals surface area (Å²) in [5.41, 5.74) is 2.59. The number of aromatic nitrogens is 1. The highest BCUT2D eigenvalue weighted by Gasteiger charge is 2.12. The first-order valence-electron chi connectivity index (χ1n) is 5.57. The third-order valence-corrected chi connectivity index (χ3v) is 2.64. The van der Waals surface area contributed by atoms with Gasteiger partial charge in [0.15, 0.2) is 0 Å². The molecule has 1 heterocycles. The molecular formula is C14H13FN2O. The Labute approximate surface area is 105 Å². The standard InChI is InChI=1S/C14H13FN2O/c1-9-5-6-10(2)12(8-9)17-14(18)11-4-3-7-16-13(11)15/h3-8H,1-2H3,(H,17,18). The van der Waals surface area contributed by atoms with Gasteiger partial charge in [-0.2, -0.15) is 4.39 Å². The molecular weight excluding hydrogens is 231 g/mol. The summed E-state index contributed by atoms with van der Waals surface area (Å²) < 4.78 is 13.4. The molecule has 0 saturated carbocycles. The maximum atomic E-state index is 13.4. The summed E-state index contributed by atoms with van der Waals surface area (Å²) in [6.07, 6.45) is 1.31. The van der Waals surface area contributed by atoms with E-state index in [0.717, 1.165) is 11.1 Å². The molecule has 0 unspecified atom stereocenters. The number of carbonyl (C=O) groups is 1. The lowest BCUT2D eigenvalue weighted by atomic mass is 10.1. The maximum absolute atomic E-state index is 13.4. The second kappa shape index (κ2) is 4.96. The molecule has 0 aliphatic heterocycles. The van der Waals surface area contributed by atoms with Gasteiger partial charge >= 0.3 is 0 Å². The van der Waals surface area contributed by atoms with Crippen molar-refractivity contribution in [1.29, 1.82) is 0 Å². The lowest BCUT2D eigenvalue weighted by molar-refractivity contribution is 0.102. The summed E-state index contributed by atoms with van der Waals surface area (Å²) in [7, 11) is 0. The molecule has 18 heavy (non-hydrogen) atoms. The van der Waals surface area contributed by atoms with Crippen LogP contribution in [0.2, 0.25) is 0 Å². The van der Waals surface area contributed by atoms with E-state index in [0.29, 0.717) is 5.69 Å². The van der Waals surface area contributed by atoms with E-state index in [1.165, 1.54) is 18.3 Å². The predicted molar refractivity (Wildman–Crippen MR) is 68.1 cm³/mol. The van der Waals surface area contributed by atoms with Crippen LogP contribution in [-0.2, 0) is 0 Å². The fourth-order valence-electron chi connectivity index (χ4n) is 1.62. The van der Waals surface area contributed by atoms with Gasteiger partial charge in [0, 0.05) is 11.9 Å². The van der Waals surface area contributed by atoms with E-state index in [-0.39, 0.29) is 5.56 Å². The first-order valence-corrected chi connectivity index (χ1v) is 5.57. The lowest BCUT2D eigenvalue weighted by Crippen LogP contribution is -2.15. The van der Waals surface area contributed by atoms with Crippen molar-refractivity contribution in [2.24, 2.45) is 0 Å². The molecule has 2 rings (SSSR count). The molecule has 1 aromatic carbocycles. The fourth-order valence-corrected chi connectivity index (χ4v) is 1.62. The van der Waals surface area contributed by atoms with Crippen LogP contribution in [0.25, 0.3) is 0 Å². The zero-order chi connectivity index (χ0) is 13.1. The SMILES string of the molecule is Cc1ccc(C)c(NC(=O)c2cccnc2F)c1. The molecule has 0 aliphatic rings. The molecule has 1 N–H and O–H groups in total. The third-order valence-electron chi connectivity index (χ3n) is 2.64. The van der Waals surface area contributed by atoms with Gasteiger partial charge in [0.05, 0.1) is 5.56 Å². The topological polar surface area (TPSA) is 42.0 Å². The molecule has 2 aromatic rings. The van der Waals surface area contributed by atoms with Crippen molar-refractivity contribution in [1.82, 2.24) is 4.98 Å². The second-order valence-corrected chi connectivity index (χ2v) is 4.11. The minimum Gasteiger partial charge on any atom is -0.322 e. The molecule has 4 heteroatoms. The molecule has 0 fully saturated rings. The zero-order valence-corrected chi connectivity index (χ0v) is 10.2. The number of benzene rings is 1. The lowest BCUT2D eigenvalue weighted by Gasteiger charge is -2.09. The Morgan fingerprint density at radius 2 is 2.06 bits per heavy atom. The van der Waals surface area contributed by atoms with Crippen molar-refractivity contribution in [2.45, 2.75) is 13.8 Å². The molecule has 1 amide bonds. The first-order chi connectivity index (χ1) is 8.58. The Balaban J connectivity index is 2.27. The largest absolute Gasteiger partial charge is 0.322 e. The van der Waals surface area contributed by atoms with Crippen molar-refractivity contribution in [2.75, 3.05) is 5.32 Å². The summed E-state index contributed by atoms with van der Waals surface area (Å²) in [6.45, 7) is 3.81. The number of halogens is 1. The van der Waals surface area contributed by atoms with Crippen molar-refractivity contribution in [3.63, 3.8) is 0 Å². The van der Waals surface area contributed by atoms with Crippen molar-refractivity contribution >= 4 is 11.6 Å². The van der Waals surface area contributed by atoms with E-state index in [1.54, 1.807) is 0 Å². The van der Waals surface area contributed by atoms with Crippen LogP contribution in [0, 0.1) is 19.8 Å². The Hall–Kier alpha value is -2.23. The van der Waals surface area contributed by atoms with Crippen LogP contribution in [0.15, 0.2) is 36.5 Å². The number of anilines is 1. The van der Waals surface area contributed by atoms with Crippen LogP contribution in [0.4, 0.5) is 10.1 Å². The molecule has 0 spiro atoms. The van der Waals surface area contributed by atoms with E-state index in [2.05, 4.69) is 10.3 Å². The number of rotatable bonds is 2. The quantitative estimate of drug-likeness (QED) is 0.825. The smallest absolute Gasteiger partial charge is 0.260 e. The van der Waals surface area contributed by atoms with Crippen molar-refractivity contribution in [3.8, 4) is 0 Å². The number of amides is 1. The van der Waals surface area contributed by atoms with E-state index in [1.807, 2.05) is 32.0 Å². The average Bonchev–Trinajstić information content (AvgIpc) is 2.34. The molecule has 3 nitrogen and oxygen atoms in total.